The Hall–Kier alpha value is -3.65. The molecule has 8 heteroatoms. The van der Waals surface area contributed by atoms with Gasteiger partial charge < -0.3 is 10.1 Å². The van der Waals surface area contributed by atoms with Gasteiger partial charge in [-0.2, -0.15) is 0 Å². The molecule has 1 amide bonds. The van der Waals surface area contributed by atoms with E-state index >= 15 is 0 Å². The summed E-state index contributed by atoms with van der Waals surface area (Å²) >= 11 is 0. The van der Waals surface area contributed by atoms with Gasteiger partial charge in [-0.15, -0.1) is 0 Å². The van der Waals surface area contributed by atoms with Crippen LogP contribution in [0, 0.1) is 0 Å². The molecule has 0 aliphatic carbocycles. The van der Waals surface area contributed by atoms with Crippen molar-refractivity contribution in [3.05, 3.63) is 90.0 Å². The molecule has 0 aliphatic heterocycles. The van der Waals surface area contributed by atoms with Crippen molar-refractivity contribution in [2.45, 2.75) is 38.0 Å². The van der Waals surface area contributed by atoms with Crippen LogP contribution in [0.5, 0.6) is 0 Å². The van der Waals surface area contributed by atoms with Gasteiger partial charge in [-0.1, -0.05) is 56.7 Å². The SMILES string of the molecule is CCCCOC(=O)c1ccc(NC(=O)CN(c2ccccc2CC)S(=O)(=O)c2ccccc2)cc1. The van der Waals surface area contributed by atoms with Crippen molar-refractivity contribution in [1.82, 2.24) is 0 Å². The topological polar surface area (TPSA) is 92.8 Å². The summed E-state index contributed by atoms with van der Waals surface area (Å²) < 4.78 is 33.3. The first-order valence-electron chi connectivity index (χ1n) is 11.6. The Morgan fingerprint density at radius 2 is 1.54 bits per heavy atom. The fourth-order valence-corrected chi connectivity index (χ4v) is 4.97. The lowest BCUT2D eigenvalue weighted by Gasteiger charge is -2.26. The molecule has 0 saturated carbocycles. The van der Waals surface area contributed by atoms with Gasteiger partial charge >= 0.3 is 5.97 Å². The fraction of sp³-hybridized carbons (Fsp3) is 0.259. The highest BCUT2D eigenvalue weighted by molar-refractivity contribution is 7.92. The van der Waals surface area contributed by atoms with Crippen molar-refractivity contribution in [1.29, 1.82) is 0 Å². The number of aryl methyl sites for hydroxylation is 1. The number of nitrogens with zero attached hydrogens (tertiary/aromatic N) is 1. The van der Waals surface area contributed by atoms with Crippen molar-refractivity contribution < 1.29 is 22.7 Å². The molecule has 3 aromatic carbocycles. The number of carbonyl (C=O) groups is 2. The molecule has 35 heavy (non-hydrogen) atoms. The number of amides is 1. The van der Waals surface area contributed by atoms with Crippen molar-refractivity contribution >= 4 is 33.3 Å². The van der Waals surface area contributed by atoms with Crippen LogP contribution < -0.4 is 9.62 Å². The Kier molecular flexibility index (Phi) is 9.03. The lowest BCUT2D eigenvalue weighted by Crippen LogP contribution is -2.38. The molecule has 0 aliphatic rings. The zero-order valence-corrected chi connectivity index (χ0v) is 20.8. The van der Waals surface area contributed by atoms with E-state index in [0.717, 1.165) is 22.7 Å². The average Bonchev–Trinajstić information content (AvgIpc) is 2.88. The molecule has 0 bridgehead atoms. The number of ether oxygens (including phenoxy) is 1. The van der Waals surface area contributed by atoms with E-state index in [1.165, 1.54) is 12.1 Å². The van der Waals surface area contributed by atoms with Gasteiger partial charge in [-0.25, -0.2) is 13.2 Å². The van der Waals surface area contributed by atoms with E-state index in [1.807, 2.05) is 26.0 Å². The van der Waals surface area contributed by atoms with E-state index in [2.05, 4.69) is 5.32 Å². The number of carbonyl (C=O) groups excluding carboxylic acids is 2. The Balaban J connectivity index is 1.80. The Morgan fingerprint density at radius 1 is 0.886 bits per heavy atom. The summed E-state index contributed by atoms with van der Waals surface area (Å²) in [5, 5.41) is 2.72. The van der Waals surface area contributed by atoms with E-state index in [1.54, 1.807) is 54.6 Å². The molecule has 1 N–H and O–H groups in total. The van der Waals surface area contributed by atoms with E-state index in [0.29, 0.717) is 30.0 Å². The van der Waals surface area contributed by atoms with Crippen LogP contribution in [0.1, 0.15) is 42.6 Å². The molecule has 0 aromatic heterocycles. The third-order valence-electron chi connectivity index (χ3n) is 5.40. The molecule has 0 radical (unpaired) electrons. The predicted octanol–water partition coefficient (Wildman–Crippen LogP) is 5.04. The Morgan fingerprint density at radius 3 is 2.20 bits per heavy atom. The molecule has 184 valence electrons. The van der Waals surface area contributed by atoms with Crippen LogP contribution in [0.4, 0.5) is 11.4 Å². The highest BCUT2D eigenvalue weighted by Crippen LogP contribution is 2.27. The molecular weight excluding hydrogens is 464 g/mol. The number of esters is 1. The number of unbranched alkanes of at least 4 members (excludes halogenated alkanes) is 1. The van der Waals surface area contributed by atoms with Gasteiger partial charge in [-0.3, -0.25) is 9.10 Å². The van der Waals surface area contributed by atoms with Gasteiger partial charge in [0.1, 0.15) is 6.54 Å². The summed E-state index contributed by atoms with van der Waals surface area (Å²) in [7, 11) is -3.99. The molecule has 0 heterocycles. The van der Waals surface area contributed by atoms with Crippen LogP contribution >= 0.6 is 0 Å². The molecular formula is C27H30N2O5S. The highest BCUT2D eigenvalue weighted by Gasteiger charge is 2.28. The van der Waals surface area contributed by atoms with Gasteiger partial charge in [0.2, 0.25) is 5.91 Å². The second-order valence-corrected chi connectivity index (χ2v) is 9.78. The number of anilines is 2. The van der Waals surface area contributed by atoms with Crippen LogP contribution in [0.25, 0.3) is 0 Å². The summed E-state index contributed by atoms with van der Waals surface area (Å²) in [5.41, 5.74) is 2.09. The van der Waals surface area contributed by atoms with E-state index in [4.69, 9.17) is 4.74 Å². The van der Waals surface area contributed by atoms with Crippen molar-refractivity contribution in [3.8, 4) is 0 Å². The maximum Gasteiger partial charge on any atom is 0.338 e. The molecule has 0 fully saturated rings. The molecule has 0 saturated heterocycles. The molecule has 7 nitrogen and oxygen atoms in total. The first kappa shape index (κ1) is 26.0. The van der Waals surface area contributed by atoms with Gasteiger partial charge in [0.15, 0.2) is 0 Å². The maximum atomic E-state index is 13.5. The van der Waals surface area contributed by atoms with Gasteiger partial charge in [0.25, 0.3) is 10.0 Å². The van der Waals surface area contributed by atoms with Crippen LogP contribution in [-0.2, 0) is 26.0 Å². The van der Waals surface area contributed by atoms with Crippen molar-refractivity contribution in [3.63, 3.8) is 0 Å². The molecule has 0 atom stereocenters. The minimum atomic E-state index is -3.99. The first-order chi connectivity index (χ1) is 16.9. The number of rotatable bonds is 11. The van der Waals surface area contributed by atoms with E-state index < -0.39 is 28.4 Å². The Labute approximate surface area is 206 Å². The van der Waals surface area contributed by atoms with Crippen LogP contribution in [0.15, 0.2) is 83.8 Å². The quantitative estimate of drug-likeness (QED) is 0.298. The van der Waals surface area contributed by atoms with E-state index in [9.17, 15) is 18.0 Å². The zero-order chi connectivity index (χ0) is 25.3. The van der Waals surface area contributed by atoms with Crippen LogP contribution in [-0.4, -0.2) is 33.4 Å². The lowest BCUT2D eigenvalue weighted by molar-refractivity contribution is -0.114. The third-order valence-corrected chi connectivity index (χ3v) is 7.17. The largest absolute Gasteiger partial charge is 0.462 e. The summed E-state index contributed by atoms with van der Waals surface area (Å²) in [6.07, 6.45) is 2.33. The highest BCUT2D eigenvalue weighted by atomic mass is 32.2. The first-order valence-corrected chi connectivity index (χ1v) is 13.0. The molecule has 3 rings (SSSR count). The Bertz CT molecular complexity index is 1240. The predicted molar refractivity (Wildman–Crippen MR) is 137 cm³/mol. The summed E-state index contributed by atoms with van der Waals surface area (Å²) in [6.45, 7) is 3.90. The monoisotopic (exact) mass is 494 g/mol. The standard InChI is InChI=1S/C27H30N2O5S/c1-3-5-19-34-27(31)22-15-17-23(18-16-22)28-26(30)20-29(25-14-10-9-11-21(25)4-2)35(32,33)24-12-7-6-8-13-24/h6-18H,3-5,19-20H2,1-2H3,(H,28,30). The lowest BCUT2D eigenvalue weighted by atomic mass is 10.1. The van der Waals surface area contributed by atoms with Gasteiger partial charge in [0.05, 0.1) is 22.8 Å². The second kappa shape index (κ2) is 12.2. The number of benzene rings is 3. The number of para-hydroxylation sites is 1. The third kappa shape index (κ3) is 6.70. The second-order valence-electron chi connectivity index (χ2n) is 7.92. The van der Waals surface area contributed by atoms with Gasteiger partial charge in [-0.05, 0) is 60.9 Å². The fourth-order valence-electron chi connectivity index (χ4n) is 3.49. The normalized spacial score (nSPS) is 11.0. The number of hydrogen-bond acceptors (Lipinski definition) is 5. The maximum absolute atomic E-state index is 13.5. The van der Waals surface area contributed by atoms with Gasteiger partial charge in [0, 0.05) is 5.69 Å². The molecule has 3 aromatic rings. The van der Waals surface area contributed by atoms with Crippen molar-refractivity contribution in [2.24, 2.45) is 0 Å². The number of sulfonamides is 1. The molecule has 0 unspecified atom stereocenters. The minimum absolute atomic E-state index is 0.102. The van der Waals surface area contributed by atoms with Crippen LogP contribution in [0.3, 0.4) is 0 Å². The minimum Gasteiger partial charge on any atom is -0.462 e. The van der Waals surface area contributed by atoms with Crippen LogP contribution in [0.2, 0.25) is 0 Å². The number of hydrogen-bond donors (Lipinski definition) is 1. The smallest absolute Gasteiger partial charge is 0.338 e. The molecule has 0 spiro atoms. The number of nitrogens with one attached hydrogen (secondary N) is 1. The summed E-state index contributed by atoms with van der Waals surface area (Å²) in [6, 6.07) is 21.5. The zero-order valence-electron chi connectivity index (χ0n) is 19.9. The average molecular weight is 495 g/mol. The summed E-state index contributed by atoms with van der Waals surface area (Å²) in [4.78, 5) is 25.1. The summed E-state index contributed by atoms with van der Waals surface area (Å²) in [5.74, 6) is -0.929. The van der Waals surface area contributed by atoms with Crippen molar-refractivity contribution in [2.75, 3.05) is 22.8 Å². The van der Waals surface area contributed by atoms with E-state index in [-0.39, 0.29) is 4.90 Å².